The summed E-state index contributed by atoms with van der Waals surface area (Å²) in [5, 5.41) is 7.89. The van der Waals surface area contributed by atoms with Crippen LogP contribution in [0.25, 0.3) is 9.88 Å². The fraction of sp³-hybridized carbons (Fsp3) is 0.300. The maximum absolute atomic E-state index is 12.7. The molecule has 6 nitrogen and oxygen atoms in total. The Morgan fingerprint density at radius 3 is 2.55 bits per heavy atom. The molecule has 1 aromatic carbocycles. The van der Waals surface area contributed by atoms with E-state index in [4.69, 9.17) is 0 Å². The van der Waals surface area contributed by atoms with Crippen molar-refractivity contribution in [1.82, 2.24) is 14.6 Å². The third kappa shape index (κ3) is 4.58. The van der Waals surface area contributed by atoms with Gasteiger partial charge in [0.05, 0.1) is 22.0 Å². The van der Waals surface area contributed by atoms with Gasteiger partial charge in [-0.25, -0.2) is 13.4 Å². The second-order valence-electron chi connectivity index (χ2n) is 6.83. The van der Waals surface area contributed by atoms with Gasteiger partial charge in [0.2, 0.25) is 15.9 Å². The SMILES string of the molecule is O=C(NCc1csc(-c2cccs2)n1)C1CCN(S(=O)(=O)c2ccccc2)CC1. The number of hydrogen-bond donors (Lipinski definition) is 1. The van der Waals surface area contributed by atoms with Gasteiger partial charge in [-0.05, 0) is 36.4 Å². The lowest BCUT2D eigenvalue weighted by Gasteiger charge is -2.30. The summed E-state index contributed by atoms with van der Waals surface area (Å²) in [5.74, 6) is -0.208. The summed E-state index contributed by atoms with van der Waals surface area (Å²) < 4.78 is 26.9. The van der Waals surface area contributed by atoms with Gasteiger partial charge in [-0.1, -0.05) is 24.3 Å². The van der Waals surface area contributed by atoms with E-state index in [0.717, 1.165) is 15.6 Å². The fourth-order valence-corrected chi connectivity index (χ4v) is 6.45. The minimum atomic E-state index is -3.49. The maximum Gasteiger partial charge on any atom is 0.243 e. The molecule has 152 valence electrons. The summed E-state index contributed by atoms with van der Waals surface area (Å²) in [4.78, 5) is 18.5. The number of thiazole rings is 1. The lowest BCUT2D eigenvalue weighted by atomic mass is 9.97. The molecule has 1 aliphatic rings. The summed E-state index contributed by atoms with van der Waals surface area (Å²) in [6.07, 6.45) is 1.05. The van der Waals surface area contributed by atoms with Crippen LogP contribution in [0.4, 0.5) is 0 Å². The van der Waals surface area contributed by atoms with Crippen molar-refractivity contribution < 1.29 is 13.2 Å². The molecule has 0 bridgehead atoms. The zero-order valence-corrected chi connectivity index (χ0v) is 18.1. The second kappa shape index (κ2) is 8.74. The van der Waals surface area contributed by atoms with Crippen LogP contribution in [0.2, 0.25) is 0 Å². The van der Waals surface area contributed by atoms with Crippen LogP contribution in [0.15, 0.2) is 58.1 Å². The van der Waals surface area contributed by atoms with E-state index in [-0.39, 0.29) is 11.8 Å². The Kier molecular flexibility index (Phi) is 6.09. The molecule has 1 N–H and O–H groups in total. The van der Waals surface area contributed by atoms with Gasteiger partial charge < -0.3 is 5.32 Å². The van der Waals surface area contributed by atoms with E-state index in [2.05, 4.69) is 10.3 Å². The van der Waals surface area contributed by atoms with E-state index in [1.807, 2.05) is 22.9 Å². The van der Waals surface area contributed by atoms with Gasteiger partial charge in [0, 0.05) is 24.4 Å². The predicted molar refractivity (Wildman–Crippen MR) is 115 cm³/mol. The Morgan fingerprint density at radius 2 is 1.86 bits per heavy atom. The first kappa shape index (κ1) is 20.2. The minimum absolute atomic E-state index is 0.0348. The van der Waals surface area contributed by atoms with Gasteiger partial charge in [-0.2, -0.15) is 4.31 Å². The number of hydrogen-bond acceptors (Lipinski definition) is 6. The van der Waals surface area contributed by atoms with Crippen molar-refractivity contribution in [2.75, 3.05) is 13.1 Å². The molecule has 1 aliphatic heterocycles. The average molecular weight is 448 g/mol. The van der Waals surface area contributed by atoms with Crippen LogP contribution < -0.4 is 5.32 Å². The Balaban J connectivity index is 1.29. The number of piperidine rings is 1. The zero-order chi connectivity index (χ0) is 20.3. The number of nitrogens with one attached hydrogen (secondary N) is 1. The summed E-state index contributed by atoms with van der Waals surface area (Å²) in [6.45, 7) is 1.10. The van der Waals surface area contributed by atoms with E-state index >= 15 is 0 Å². The first-order chi connectivity index (χ1) is 14.0. The second-order valence-corrected chi connectivity index (χ2v) is 10.6. The molecule has 1 saturated heterocycles. The highest BCUT2D eigenvalue weighted by atomic mass is 32.2. The van der Waals surface area contributed by atoms with Crippen LogP contribution in [0, 0.1) is 5.92 Å². The molecule has 0 unspecified atom stereocenters. The molecule has 29 heavy (non-hydrogen) atoms. The molecular weight excluding hydrogens is 426 g/mol. The summed E-state index contributed by atoms with van der Waals surface area (Å²) in [7, 11) is -3.49. The van der Waals surface area contributed by atoms with Gasteiger partial charge in [0.15, 0.2) is 0 Å². The van der Waals surface area contributed by atoms with Gasteiger partial charge in [0.25, 0.3) is 0 Å². The molecule has 0 radical (unpaired) electrons. The van der Waals surface area contributed by atoms with E-state index < -0.39 is 10.0 Å². The van der Waals surface area contributed by atoms with Crippen LogP contribution in [0.1, 0.15) is 18.5 Å². The molecule has 0 spiro atoms. The van der Waals surface area contributed by atoms with Crippen molar-refractivity contribution >= 4 is 38.6 Å². The molecule has 2 aromatic heterocycles. The number of rotatable bonds is 6. The summed E-state index contributed by atoms with van der Waals surface area (Å²) >= 11 is 3.21. The summed E-state index contributed by atoms with van der Waals surface area (Å²) in [6, 6.07) is 12.5. The van der Waals surface area contributed by atoms with Gasteiger partial charge in [-0.15, -0.1) is 22.7 Å². The Bertz CT molecular complexity index is 1050. The number of aromatic nitrogens is 1. The lowest BCUT2D eigenvalue weighted by Crippen LogP contribution is -2.42. The maximum atomic E-state index is 12.7. The summed E-state index contributed by atoms with van der Waals surface area (Å²) in [5.41, 5.74) is 0.843. The smallest absolute Gasteiger partial charge is 0.243 e. The average Bonchev–Trinajstić information content (AvgIpc) is 3.44. The van der Waals surface area contributed by atoms with Crippen LogP contribution in [-0.4, -0.2) is 36.7 Å². The number of thiophene rings is 1. The Morgan fingerprint density at radius 1 is 1.10 bits per heavy atom. The minimum Gasteiger partial charge on any atom is -0.350 e. The van der Waals surface area contributed by atoms with Crippen LogP contribution in [-0.2, 0) is 21.4 Å². The Labute approximate surface area is 178 Å². The molecule has 0 atom stereocenters. The molecule has 4 rings (SSSR count). The number of nitrogens with zero attached hydrogens (tertiary/aromatic N) is 2. The van der Waals surface area contributed by atoms with E-state index in [9.17, 15) is 13.2 Å². The first-order valence-electron chi connectivity index (χ1n) is 9.35. The normalized spacial score (nSPS) is 16.0. The zero-order valence-electron chi connectivity index (χ0n) is 15.7. The largest absolute Gasteiger partial charge is 0.350 e. The van der Waals surface area contributed by atoms with Crippen molar-refractivity contribution in [3.63, 3.8) is 0 Å². The number of carbonyl (C=O) groups excluding carboxylic acids is 1. The number of benzene rings is 1. The van der Waals surface area contributed by atoms with E-state index in [1.165, 1.54) is 4.31 Å². The monoisotopic (exact) mass is 447 g/mol. The molecule has 0 saturated carbocycles. The molecular formula is C20H21N3O3S3. The van der Waals surface area contributed by atoms with Crippen molar-refractivity contribution in [2.24, 2.45) is 5.92 Å². The van der Waals surface area contributed by atoms with Gasteiger partial charge in [-0.3, -0.25) is 4.79 Å². The van der Waals surface area contributed by atoms with Crippen molar-refractivity contribution in [1.29, 1.82) is 0 Å². The standard InChI is InChI=1S/C20H21N3O3S3/c24-19(21-13-16-14-28-20(22-16)18-7-4-12-27-18)15-8-10-23(11-9-15)29(25,26)17-5-2-1-3-6-17/h1-7,12,14-15H,8-11,13H2,(H,21,24). The molecule has 0 aliphatic carbocycles. The lowest BCUT2D eigenvalue weighted by molar-refractivity contribution is -0.126. The molecule has 1 amide bonds. The quantitative estimate of drug-likeness (QED) is 0.626. The molecule has 3 aromatic rings. The van der Waals surface area contributed by atoms with Crippen molar-refractivity contribution in [3.8, 4) is 9.88 Å². The highest BCUT2D eigenvalue weighted by Crippen LogP contribution is 2.28. The molecule has 9 heteroatoms. The van der Waals surface area contributed by atoms with Gasteiger partial charge >= 0.3 is 0 Å². The number of amides is 1. The highest BCUT2D eigenvalue weighted by Gasteiger charge is 2.31. The van der Waals surface area contributed by atoms with E-state index in [1.54, 1.807) is 53.0 Å². The number of carbonyl (C=O) groups is 1. The van der Waals surface area contributed by atoms with Crippen molar-refractivity contribution in [2.45, 2.75) is 24.3 Å². The number of sulfonamides is 1. The van der Waals surface area contributed by atoms with Gasteiger partial charge in [0.1, 0.15) is 5.01 Å². The van der Waals surface area contributed by atoms with Crippen LogP contribution in [0.5, 0.6) is 0 Å². The third-order valence-electron chi connectivity index (χ3n) is 4.93. The van der Waals surface area contributed by atoms with Crippen LogP contribution in [0.3, 0.4) is 0 Å². The third-order valence-corrected chi connectivity index (χ3v) is 8.78. The topological polar surface area (TPSA) is 79.4 Å². The fourth-order valence-electron chi connectivity index (χ4n) is 3.32. The van der Waals surface area contributed by atoms with Crippen molar-refractivity contribution in [3.05, 3.63) is 58.9 Å². The molecule has 1 fully saturated rings. The first-order valence-corrected chi connectivity index (χ1v) is 12.5. The highest BCUT2D eigenvalue weighted by molar-refractivity contribution is 7.89. The molecule has 3 heterocycles. The van der Waals surface area contributed by atoms with Crippen LogP contribution >= 0.6 is 22.7 Å². The predicted octanol–water partition coefficient (Wildman–Crippen LogP) is 3.59. The van der Waals surface area contributed by atoms with E-state index in [0.29, 0.717) is 37.4 Å². The Hall–Kier alpha value is -2.07.